The van der Waals surface area contributed by atoms with Gasteiger partial charge in [-0.2, -0.15) is 0 Å². The van der Waals surface area contributed by atoms with E-state index in [0.29, 0.717) is 6.42 Å². The summed E-state index contributed by atoms with van der Waals surface area (Å²) in [6.45, 7) is 5.24. The lowest BCUT2D eigenvalue weighted by Crippen LogP contribution is -1.99. The lowest BCUT2D eigenvalue weighted by Gasteiger charge is -1.98. The summed E-state index contributed by atoms with van der Waals surface area (Å²) < 4.78 is 4.69. The second-order valence-electron chi connectivity index (χ2n) is 4.55. The van der Waals surface area contributed by atoms with Crippen molar-refractivity contribution >= 4 is 5.97 Å². The van der Waals surface area contributed by atoms with Crippen molar-refractivity contribution in [3.8, 4) is 23.7 Å². The molecule has 0 heterocycles. The molecule has 0 fully saturated rings. The normalized spacial score (nSPS) is 11.4. The number of aliphatic hydroxyl groups is 1. The molecule has 118 valence electrons. The molecule has 0 unspecified atom stereocenters. The Bertz CT molecular complexity index is 492. The van der Waals surface area contributed by atoms with Crippen LogP contribution in [0.15, 0.2) is 37.0 Å². The molecule has 1 N–H and O–H groups in total. The van der Waals surface area contributed by atoms with Crippen molar-refractivity contribution in [3.05, 3.63) is 37.0 Å². The van der Waals surface area contributed by atoms with E-state index in [9.17, 15) is 9.90 Å². The summed E-state index contributed by atoms with van der Waals surface area (Å²) in [5.74, 6) is 10.5. The van der Waals surface area contributed by atoms with Gasteiger partial charge in [0.25, 0.3) is 0 Å². The topological polar surface area (TPSA) is 46.5 Å². The molecular weight excluding hydrogens is 276 g/mol. The Balaban J connectivity index is 3.78. The Morgan fingerprint density at radius 2 is 2.05 bits per heavy atom. The number of ether oxygens (including phenoxy) is 1. The van der Waals surface area contributed by atoms with Crippen LogP contribution in [0, 0.1) is 23.7 Å². The van der Waals surface area contributed by atoms with E-state index in [1.54, 1.807) is 18.2 Å². The molecule has 1 atom stereocenters. The summed E-state index contributed by atoms with van der Waals surface area (Å²) in [5.41, 5.74) is 0. The van der Waals surface area contributed by atoms with Crippen molar-refractivity contribution in [3.63, 3.8) is 0 Å². The first kappa shape index (κ1) is 19.8. The number of esters is 1. The summed E-state index contributed by atoms with van der Waals surface area (Å²) in [5, 5.41) is 9.66. The molecule has 0 saturated heterocycles. The number of hydrogen-bond acceptors (Lipinski definition) is 3. The molecule has 0 spiro atoms. The van der Waals surface area contributed by atoms with E-state index in [1.807, 2.05) is 12.2 Å². The number of rotatable bonds is 9. The Morgan fingerprint density at radius 1 is 1.27 bits per heavy atom. The third kappa shape index (κ3) is 15.8. The first-order chi connectivity index (χ1) is 10.7. The molecule has 0 saturated carbocycles. The van der Waals surface area contributed by atoms with E-state index >= 15 is 0 Å². The van der Waals surface area contributed by atoms with Gasteiger partial charge in [0.05, 0.1) is 6.10 Å². The van der Waals surface area contributed by atoms with Crippen molar-refractivity contribution in [1.29, 1.82) is 0 Å². The van der Waals surface area contributed by atoms with Gasteiger partial charge in [-0.3, -0.25) is 4.79 Å². The minimum Gasteiger partial charge on any atom is -0.462 e. The zero-order valence-corrected chi connectivity index (χ0v) is 13.2. The zero-order chi connectivity index (χ0) is 16.5. The second-order valence-corrected chi connectivity index (χ2v) is 4.55. The van der Waals surface area contributed by atoms with Crippen LogP contribution in [-0.2, 0) is 9.53 Å². The third-order valence-electron chi connectivity index (χ3n) is 2.51. The maximum atomic E-state index is 10.5. The number of unbranched alkanes of at least 4 members (excludes halogenated alkanes) is 3. The fourth-order valence-corrected chi connectivity index (χ4v) is 1.42. The summed E-state index contributed by atoms with van der Waals surface area (Å²) in [4.78, 5) is 10.5. The second kappa shape index (κ2) is 15.2. The first-order valence-electron chi connectivity index (χ1n) is 7.39. The molecule has 0 radical (unpaired) electrons. The highest BCUT2D eigenvalue weighted by Crippen LogP contribution is 2.02. The highest BCUT2D eigenvalue weighted by atomic mass is 16.5. The highest BCUT2D eigenvalue weighted by molar-refractivity contribution is 5.66. The van der Waals surface area contributed by atoms with Crippen LogP contribution in [0.5, 0.6) is 0 Å². The minimum absolute atomic E-state index is 0.216. The lowest BCUT2D eigenvalue weighted by atomic mass is 10.1. The lowest BCUT2D eigenvalue weighted by molar-refractivity contribution is -0.139. The van der Waals surface area contributed by atoms with Crippen LogP contribution < -0.4 is 0 Å². The standard InChI is InChI=1S/C19H24O3/c1-3-4-5-6-9-12-15-19(21)16-13-10-7-8-11-14-17-22-18(2)20/h3,11-12,14-15,19,21H,1,4-6,9,16-17H2,2H3/t19-/m0/s1. The van der Waals surface area contributed by atoms with E-state index in [2.05, 4.69) is 30.3 Å². The average molecular weight is 300 g/mol. The van der Waals surface area contributed by atoms with Gasteiger partial charge in [0.1, 0.15) is 6.61 Å². The van der Waals surface area contributed by atoms with Crippen LogP contribution in [-0.4, -0.2) is 23.8 Å². The SMILES string of the molecule is C=CCCCCC=C[C@H](O)CC#CC#CC=CCOC(C)=O. The Kier molecular flexibility index (Phi) is 13.6. The smallest absolute Gasteiger partial charge is 0.302 e. The molecule has 0 bridgehead atoms. The number of aliphatic hydroxyl groups excluding tert-OH is 1. The fourth-order valence-electron chi connectivity index (χ4n) is 1.42. The van der Waals surface area contributed by atoms with Crippen LogP contribution in [0.1, 0.15) is 39.0 Å². The van der Waals surface area contributed by atoms with Gasteiger partial charge in [0.2, 0.25) is 0 Å². The maximum absolute atomic E-state index is 10.5. The van der Waals surface area contributed by atoms with Crippen molar-refractivity contribution < 1.29 is 14.6 Å². The number of hydrogen-bond donors (Lipinski definition) is 1. The quantitative estimate of drug-likeness (QED) is 0.308. The Hall–Kier alpha value is -2.23. The van der Waals surface area contributed by atoms with Gasteiger partial charge in [-0.15, -0.1) is 6.58 Å². The van der Waals surface area contributed by atoms with Crippen LogP contribution in [0.25, 0.3) is 0 Å². The zero-order valence-electron chi connectivity index (χ0n) is 13.2. The molecule has 0 rings (SSSR count). The summed E-state index contributed by atoms with van der Waals surface area (Å²) in [6, 6.07) is 0. The van der Waals surface area contributed by atoms with Crippen molar-refractivity contribution in [2.75, 3.05) is 6.61 Å². The van der Waals surface area contributed by atoms with E-state index in [1.165, 1.54) is 6.92 Å². The summed E-state index contributed by atoms with van der Waals surface area (Å²) in [6.07, 6.45) is 13.0. The predicted octanol–water partition coefficient (Wildman–Crippen LogP) is 3.17. The van der Waals surface area contributed by atoms with Crippen LogP contribution in [0.3, 0.4) is 0 Å². The van der Waals surface area contributed by atoms with Gasteiger partial charge >= 0.3 is 5.97 Å². The average Bonchev–Trinajstić information content (AvgIpc) is 2.48. The third-order valence-corrected chi connectivity index (χ3v) is 2.51. The molecule has 0 aromatic carbocycles. The maximum Gasteiger partial charge on any atom is 0.302 e. The summed E-state index contributed by atoms with van der Waals surface area (Å²) >= 11 is 0. The molecule has 0 aliphatic rings. The predicted molar refractivity (Wildman–Crippen MR) is 89.8 cm³/mol. The largest absolute Gasteiger partial charge is 0.462 e. The van der Waals surface area contributed by atoms with Crippen molar-refractivity contribution in [2.24, 2.45) is 0 Å². The van der Waals surface area contributed by atoms with Crippen LogP contribution >= 0.6 is 0 Å². The van der Waals surface area contributed by atoms with Gasteiger partial charge in [0.15, 0.2) is 0 Å². The monoisotopic (exact) mass is 300 g/mol. The van der Waals surface area contributed by atoms with Crippen molar-refractivity contribution in [2.45, 2.75) is 45.1 Å². The Morgan fingerprint density at radius 3 is 2.77 bits per heavy atom. The van der Waals surface area contributed by atoms with Gasteiger partial charge in [-0.05, 0) is 49.7 Å². The Labute approximate surface area is 133 Å². The molecule has 22 heavy (non-hydrogen) atoms. The molecule has 0 aliphatic carbocycles. The molecule has 3 heteroatoms. The molecular formula is C19H24O3. The number of allylic oxidation sites excluding steroid dienone is 3. The van der Waals surface area contributed by atoms with E-state index < -0.39 is 6.10 Å². The van der Waals surface area contributed by atoms with E-state index in [-0.39, 0.29) is 12.6 Å². The molecule has 0 aromatic heterocycles. The van der Waals surface area contributed by atoms with Crippen LogP contribution in [0.4, 0.5) is 0 Å². The van der Waals surface area contributed by atoms with Gasteiger partial charge in [-0.1, -0.05) is 30.1 Å². The van der Waals surface area contributed by atoms with E-state index in [4.69, 9.17) is 4.74 Å². The fraction of sp³-hybridized carbons (Fsp3) is 0.421. The van der Waals surface area contributed by atoms with Gasteiger partial charge < -0.3 is 9.84 Å². The number of carbonyl (C=O) groups is 1. The van der Waals surface area contributed by atoms with Crippen molar-refractivity contribution in [1.82, 2.24) is 0 Å². The van der Waals surface area contributed by atoms with Crippen LogP contribution in [0.2, 0.25) is 0 Å². The first-order valence-corrected chi connectivity index (χ1v) is 7.39. The highest BCUT2D eigenvalue weighted by Gasteiger charge is 1.93. The number of carbonyl (C=O) groups excluding carboxylic acids is 1. The minimum atomic E-state index is -0.548. The summed E-state index contributed by atoms with van der Waals surface area (Å²) in [7, 11) is 0. The molecule has 0 aliphatic heterocycles. The van der Waals surface area contributed by atoms with Gasteiger partial charge in [-0.25, -0.2) is 0 Å². The molecule has 0 amide bonds. The van der Waals surface area contributed by atoms with E-state index in [0.717, 1.165) is 25.7 Å². The molecule has 3 nitrogen and oxygen atoms in total. The molecule has 0 aromatic rings. The van der Waals surface area contributed by atoms with Gasteiger partial charge in [0, 0.05) is 13.3 Å².